The number of nitrogens with zero attached hydrogens (tertiary/aromatic N) is 3. The van der Waals surface area contributed by atoms with Crippen molar-refractivity contribution in [2.45, 2.75) is 6.10 Å². The van der Waals surface area contributed by atoms with Crippen LogP contribution < -0.4 is 25.8 Å². The van der Waals surface area contributed by atoms with Crippen molar-refractivity contribution in [3.8, 4) is 0 Å². The lowest BCUT2D eigenvalue weighted by Gasteiger charge is -2.20. The standard InChI is InChI=1S/C19H18F2N6O3S/c20-13-5-11(6-14(21)17(13)26-9-16(28)24-10-26)27-8-12(30-19(27)29)7-23-18(31)25-15-3-1-2-4-22-15/h1-6,12H,7-10H2,(H,24,28)(H2,22,23,25,31). The van der Waals surface area contributed by atoms with Gasteiger partial charge < -0.3 is 25.6 Å². The molecule has 3 heterocycles. The number of benzene rings is 1. The predicted octanol–water partition coefficient (Wildman–Crippen LogP) is 1.57. The van der Waals surface area contributed by atoms with Gasteiger partial charge in [0.1, 0.15) is 17.6 Å². The fourth-order valence-electron chi connectivity index (χ4n) is 3.28. The summed E-state index contributed by atoms with van der Waals surface area (Å²) in [6.45, 7) is 0.155. The molecular weight excluding hydrogens is 430 g/mol. The van der Waals surface area contributed by atoms with Gasteiger partial charge >= 0.3 is 6.09 Å². The predicted molar refractivity (Wildman–Crippen MR) is 113 cm³/mol. The van der Waals surface area contributed by atoms with E-state index < -0.39 is 23.8 Å². The van der Waals surface area contributed by atoms with Gasteiger partial charge in [-0.3, -0.25) is 9.69 Å². The minimum Gasteiger partial charge on any atom is -0.442 e. The molecule has 31 heavy (non-hydrogen) atoms. The van der Waals surface area contributed by atoms with Gasteiger partial charge in [0, 0.05) is 18.3 Å². The molecule has 3 N–H and O–H groups in total. The lowest BCUT2D eigenvalue weighted by atomic mass is 10.2. The molecule has 0 spiro atoms. The second-order valence-corrected chi connectivity index (χ2v) is 7.29. The van der Waals surface area contributed by atoms with Crippen LogP contribution in [-0.4, -0.2) is 54.5 Å². The fraction of sp³-hybridized carbons (Fsp3) is 0.263. The number of anilines is 3. The topological polar surface area (TPSA) is 98.8 Å². The third kappa shape index (κ3) is 4.63. The number of pyridine rings is 1. The van der Waals surface area contributed by atoms with Crippen molar-refractivity contribution in [2.24, 2.45) is 0 Å². The van der Waals surface area contributed by atoms with Gasteiger partial charge in [-0.15, -0.1) is 0 Å². The maximum atomic E-state index is 14.6. The molecule has 1 aromatic carbocycles. The highest BCUT2D eigenvalue weighted by Gasteiger charge is 2.34. The summed E-state index contributed by atoms with van der Waals surface area (Å²) in [5.74, 6) is -1.51. The monoisotopic (exact) mass is 448 g/mol. The molecule has 2 saturated heterocycles. The molecule has 4 rings (SSSR count). The van der Waals surface area contributed by atoms with Crippen LogP contribution in [0.5, 0.6) is 0 Å². The number of hydrogen-bond acceptors (Lipinski definition) is 6. The third-order valence-electron chi connectivity index (χ3n) is 4.70. The SMILES string of the molecule is O=C1CN(c2c(F)cc(N3CC(CNC(=S)Nc4ccccn4)OC3=O)cc2F)CN1. The molecule has 2 aromatic rings. The Balaban J connectivity index is 1.38. The molecule has 0 saturated carbocycles. The summed E-state index contributed by atoms with van der Waals surface area (Å²) in [6, 6.07) is 7.41. The van der Waals surface area contributed by atoms with Crippen molar-refractivity contribution in [2.75, 3.05) is 41.4 Å². The van der Waals surface area contributed by atoms with Gasteiger partial charge in [0.25, 0.3) is 0 Å². The minimum absolute atomic E-state index is 0.0119. The second kappa shape index (κ2) is 8.68. The summed E-state index contributed by atoms with van der Waals surface area (Å²) in [7, 11) is 0. The number of carbonyl (C=O) groups is 2. The zero-order valence-electron chi connectivity index (χ0n) is 16.1. The van der Waals surface area contributed by atoms with Crippen LogP contribution in [0.25, 0.3) is 0 Å². The van der Waals surface area contributed by atoms with Crippen LogP contribution in [0.2, 0.25) is 0 Å². The van der Waals surface area contributed by atoms with Crippen molar-refractivity contribution in [1.29, 1.82) is 0 Å². The van der Waals surface area contributed by atoms with E-state index in [0.717, 1.165) is 17.0 Å². The Kier molecular flexibility index (Phi) is 5.80. The molecule has 2 fully saturated rings. The molecule has 1 atom stereocenters. The van der Waals surface area contributed by atoms with E-state index in [0.29, 0.717) is 10.9 Å². The van der Waals surface area contributed by atoms with E-state index >= 15 is 0 Å². The molecule has 12 heteroatoms. The first kappa shape index (κ1) is 20.7. The zero-order valence-corrected chi connectivity index (χ0v) is 16.9. The Hall–Kier alpha value is -3.54. The fourth-order valence-corrected chi connectivity index (χ4v) is 3.47. The lowest BCUT2D eigenvalue weighted by molar-refractivity contribution is -0.118. The highest BCUT2D eigenvalue weighted by molar-refractivity contribution is 7.80. The number of aromatic nitrogens is 1. The Morgan fingerprint density at radius 1 is 1.29 bits per heavy atom. The number of hydrogen-bond donors (Lipinski definition) is 3. The van der Waals surface area contributed by atoms with Crippen molar-refractivity contribution >= 4 is 46.5 Å². The molecule has 2 aliphatic rings. The largest absolute Gasteiger partial charge is 0.442 e. The highest BCUT2D eigenvalue weighted by atomic mass is 32.1. The quantitative estimate of drug-likeness (QED) is 0.593. The molecule has 2 amide bonds. The minimum atomic E-state index is -0.874. The number of rotatable bonds is 5. The van der Waals surface area contributed by atoms with Gasteiger partial charge in [-0.05, 0) is 24.4 Å². The van der Waals surface area contributed by atoms with Crippen LogP contribution in [0.15, 0.2) is 36.5 Å². The Bertz CT molecular complexity index is 1000. The molecule has 1 aromatic heterocycles. The average Bonchev–Trinajstić information content (AvgIpc) is 3.32. The number of halogens is 2. The first-order valence-corrected chi connectivity index (χ1v) is 9.76. The first-order chi connectivity index (χ1) is 14.9. The summed E-state index contributed by atoms with van der Waals surface area (Å²) < 4.78 is 34.4. The lowest BCUT2D eigenvalue weighted by Crippen LogP contribution is -2.37. The van der Waals surface area contributed by atoms with Crippen molar-refractivity contribution in [3.63, 3.8) is 0 Å². The number of thiocarbonyl (C=S) groups is 1. The van der Waals surface area contributed by atoms with Gasteiger partial charge in [-0.1, -0.05) is 6.07 Å². The third-order valence-corrected chi connectivity index (χ3v) is 4.95. The molecule has 1 unspecified atom stereocenters. The van der Waals surface area contributed by atoms with Crippen molar-refractivity contribution in [3.05, 3.63) is 48.2 Å². The van der Waals surface area contributed by atoms with Crippen LogP contribution in [0.4, 0.5) is 30.8 Å². The molecule has 0 radical (unpaired) electrons. The number of ether oxygens (including phenoxy) is 1. The van der Waals surface area contributed by atoms with Gasteiger partial charge in [0.15, 0.2) is 16.7 Å². The molecule has 0 aliphatic carbocycles. The highest BCUT2D eigenvalue weighted by Crippen LogP contribution is 2.31. The number of nitrogens with one attached hydrogen (secondary N) is 3. The van der Waals surface area contributed by atoms with Gasteiger partial charge in [0.05, 0.1) is 32.0 Å². The van der Waals surface area contributed by atoms with E-state index in [9.17, 15) is 18.4 Å². The van der Waals surface area contributed by atoms with Gasteiger partial charge in [-0.25, -0.2) is 18.6 Å². The maximum Gasteiger partial charge on any atom is 0.414 e. The van der Waals surface area contributed by atoms with E-state index in [2.05, 4.69) is 20.9 Å². The average molecular weight is 448 g/mol. The molecule has 9 nitrogen and oxygen atoms in total. The number of cyclic esters (lactones) is 1. The van der Waals surface area contributed by atoms with E-state index in [-0.39, 0.29) is 43.6 Å². The summed E-state index contributed by atoms with van der Waals surface area (Å²) in [5, 5.41) is 8.60. The van der Waals surface area contributed by atoms with Crippen LogP contribution in [-0.2, 0) is 9.53 Å². The smallest absolute Gasteiger partial charge is 0.414 e. The molecular formula is C19H18F2N6O3S. The van der Waals surface area contributed by atoms with E-state index in [1.807, 2.05) is 0 Å². The summed E-state index contributed by atoms with van der Waals surface area (Å²) in [5.41, 5.74) is -0.294. The molecule has 0 bridgehead atoms. The van der Waals surface area contributed by atoms with Crippen LogP contribution in [0.3, 0.4) is 0 Å². The molecule has 162 valence electrons. The Morgan fingerprint density at radius 3 is 2.71 bits per heavy atom. The Labute approximate surface area is 181 Å². The van der Waals surface area contributed by atoms with E-state index in [1.54, 1.807) is 24.4 Å². The van der Waals surface area contributed by atoms with Crippen molar-refractivity contribution in [1.82, 2.24) is 15.6 Å². The zero-order chi connectivity index (χ0) is 22.0. The van der Waals surface area contributed by atoms with E-state index in [1.165, 1.54) is 4.90 Å². The molecule has 2 aliphatic heterocycles. The number of amides is 2. The summed E-state index contributed by atoms with van der Waals surface area (Å²) in [6.07, 6.45) is 0.311. The van der Waals surface area contributed by atoms with Gasteiger partial charge in [-0.2, -0.15) is 0 Å². The van der Waals surface area contributed by atoms with Crippen LogP contribution in [0.1, 0.15) is 0 Å². The van der Waals surface area contributed by atoms with Gasteiger partial charge in [0.2, 0.25) is 5.91 Å². The van der Waals surface area contributed by atoms with Crippen molar-refractivity contribution < 1.29 is 23.1 Å². The normalized spacial score (nSPS) is 18.1. The van der Waals surface area contributed by atoms with E-state index in [4.69, 9.17) is 17.0 Å². The first-order valence-electron chi connectivity index (χ1n) is 9.35. The summed E-state index contributed by atoms with van der Waals surface area (Å²) >= 11 is 5.18. The van der Waals surface area contributed by atoms with Crippen LogP contribution in [0, 0.1) is 11.6 Å². The van der Waals surface area contributed by atoms with Crippen LogP contribution >= 0.6 is 12.2 Å². The Morgan fingerprint density at radius 2 is 2.06 bits per heavy atom. The number of carbonyl (C=O) groups excluding carboxylic acids is 2. The summed E-state index contributed by atoms with van der Waals surface area (Å²) in [4.78, 5) is 30.0. The maximum absolute atomic E-state index is 14.6. The second-order valence-electron chi connectivity index (χ2n) is 6.88.